The topological polar surface area (TPSA) is 29.1 Å². The summed E-state index contributed by atoms with van der Waals surface area (Å²) in [4.78, 5) is 11.9. The molecule has 2 aromatic rings. The summed E-state index contributed by atoms with van der Waals surface area (Å²) in [7, 11) is 0. The number of carbonyl (C=O) groups excluding carboxylic acids is 1. The first-order valence-corrected chi connectivity index (χ1v) is 8.43. The van der Waals surface area contributed by atoms with Crippen molar-refractivity contribution in [3.8, 4) is 0 Å². The monoisotopic (exact) mass is 309 g/mol. The third-order valence-electron chi connectivity index (χ3n) is 4.26. The van der Waals surface area contributed by atoms with Gasteiger partial charge in [-0.1, -0.05) is 48.0 Å². The van der Waals surface area contributed by atoms with Crippen LogP contribution >= 0.6 is 0 Å². The minimum Gasteiger partial charge on any atom is -0.356 e. The van der Waals surface area contributed by atoms with Crippen LogP contribution in [-0.4, -0.2) is 12.5 Å². The van der Waals surface area contributed by atoms with Crippen molar-refractivity contribution in [2.75, 3.05) is 6.54 Å². The summed E-state index contributed by atoms with van der Waals surface area (Å²) in [6.07, 6.45) is 3.37. The predicted molar refractivity (Wildman–Crippen MR) is 96.7 cm³/mol. The first kappa shape index (κ1) is 17.3. The van der Waals surface area contributed by atoms with Gasteiger partial charge in [0.15, 0.2) is 0 Å². The van der Waals surface area contributed by atoms with Gasteiger partial charge in [-0.2, -0.15) is 0 Å². The number of aryl methyl sites for hydroxylation is 5. The van der Waals surface area contributed by atoms with Crippen molar-refractivity contribution in [3.63, 3.8) is 0 Å². The van der Waals surface area contributed by atoms with Crippen molar-refractivity contribution in [1.29, 1.82) is 0 Å². The molecule has 0 fully saturated rings. The fourth-order valence-corrected chi connectivity index (χ4v) is 2.69. The molecule has 0 aromatic heterocycles. The number of amides is 1. The highest BCUT2D eigenvalue weighted by Crippen LogP contribution is 2.11. The van der Waals surface area contributed by atoms with Crippen LogP contribution in [0.3, 0.4) is 0 Å². The Hall–Kier alpha value is -2.09. The van der Waals surface area contributed by atoms with Crippen LogP contribution in [0.15, 0.2) is 42.5 Å². The Bertz CT molecular complexity index is 661. The van der Waals surface area contributed by atoms with Crippen LogP contribution in [0, 0.1) is 20.8 Å². The van der Waals surface area contributed by atoms with Crippen LogP contribution in [0.1, 0.15) is 40.7 Å². The van der Waals surface area contributed by atoms with Crippen molar-refractivity contribution in [1.82, 2.24) is 5.32 Å². The van der Waals surface area contributed by atoms with Gasteiger partial charge in [0, 0.05) is 13.0 Å². The van der Waals surface area contributed by atoms with E-state index in [2.05, 4.69) is 68.6 Å². The summed E-state index contributed by atoms with van der Waals surface area (Å²) >= 11 is 0. The second kappa shape index (κ2) is 8.52. The highest BCUT2D eigenvalue weighted by Gasteiger charge is 2.03. The minimum atomic E-state index is 0.146. The summed E-state index contributed by atoms with van der Waals surface area (Å²) in [6.45, 7) is 7.09. The van der Waals surface area contributed by atoms with E-state index in [9.17, 15) is 4.79 Å². The Morgan fingerprint density at radius 3 is 2.43 bits per heavy atom. The molecule has 0 unspecified atom stereocenters. The van der Waals surface area contributed by atoms with E-state index < -0.39 is 0 Å². The number of hydrogen-bond donors (Lipinski definition) is 1. The molecule has 0 radical (unpaired) electrons. The maximum absolute atomic E-state index is 11.9. The SMILES string of the molecule is Cc1cccc(CCCNC(=O)CCc2ccc(C)c(C)c2)c1. The lowest BCUT2D eigenvalue weighted by atomic mass is 10.0. The van der Waals surface area contributed by atoms with Crippen LogP contribution in [0.2, 0.25) is 0 Å². The maximum atomic E-state index is 11.9. The summed E-state index contributed by atoms with van der Waals surface area (Å²) in [5.41, 5.74) is 6.47. The molecule has 2 nitrogen and oxygen atoms in total. The summed E-state index contributed by atoms with van der Waals surface area (Å²) in [6, 6.07) is 15.0. The molecule has 2 aromatic carbocycles. The van der Waals surface area contributed by atoms with Gasteiger partial charge in [0.05, 0.1) is 0 Å². The highest BCUT2D eigenvalue weighted by atomic mass is 16.1. The molecular weight excluding hydrogens is 282 g/mol. The van der Waals surface area contributed by atoms with E-state index in [0.717, 1.165) is 25.8 Å². The molecule has 0 aliphatic rings. The molecule has 0 atom stereocenters. The maximum Gasteiger partial charge on any atom is 0.220 e. The Kier molecular flexibility index (Phi) is 6.40. The molecular formula is C21H27NO. The molecule has 0 heterocycles. The predicted octanol–water partition coefficient (Wildman–Crippen LogP) is 4.29. The van der Waals surface area contributed by atoms with E-state index in [4.69, 9.17) is 0 Å². The van der Waals surface area contributed by atoms with Crippen LogP contribution < -0.4 is 5.32 Å². The third kappa shape index (κ3) is 5.90. The van der Waals surface area contributed by atoms with Gasteiger partial charge in [-0.15, -0.1) is 0 Å². The van der Waals surface area contributed by atoms with E-state index in [1.54, 1.807) is 0 Å². The number of benzene rings is 2. The third-order valence-corrected chi connectivity index (χ3v) is 4.26. The second-order valence-corrected chi connectivity index (χ2v) is 6.36. The molecule has 23 heavy (non-hydrogen) atoms. The van der Waals surface area contributed by atoms with Gasteiger partial charge >= 0.3 is 0 Å². The van der Waals surface area contributed by atoms with Gasteiger partial charge in [0.1, 0.15) is 0 Å². The molecule has 122 valence electrons. The summed E-state index contributed by atoms with van der Waals surface area (Å²) in [5, 5.41) is 3.02. The number of carbonyl (C=O) groups is 1. The Labute approximate surface area is 139 Å². The van der Waals surface area contributed by atoms with Crippen molar-refractivity contribution in [3.05, 3.63) is 70.3 Å². The van der Waals surface area contributed by atoms with Crippen LogP contribution in [-0.2, 0) is 17.6 Å². The van der Waals surface area contributed by atoms with Gasteiger partial charge in [-0.05, 0) is 62.3 Å². The molecule has 0 aliphatic heterocycles. The van der Waals surface area contributed by atoms with Gasteiger partial charge < -0.3 is 5.32 Å². The van der Waals surface area contributed by atoms with Crippen molar-refractivity contribution >= 4 is 5.91 Å². The van der Waals surface area contributed by atoms with Crippen molar-refractivity contribution in [2.24, 2.45) is 0 Å². The molecule has 2 heteroatoms. The molecule has 1 N–H and O–H groups in total. The van der Waals surface area contributed by atoms with Gasteiger partial charge in [-0.3, -0.25) is 4.79 Å². The highest BCUT2D eigenvalue weighted by molar-refractivity contribution is 5.76. The zero-order valence-electron chi connectivity index (χ0n) is 14.5. The van der Waals surface area contributed by atoms with Crippen molar-refractivity contribution in [2.45, 2.75) is 46.5 Å². The Morgan fingerprint density at radius 1 is 0.913 bits per heavy atom. The number of nitrogens with one attached hydrogen (secondary N) is 1. The second-order valence-electron chi connectivity index (χ2n) is 6.36. The van der Waals surface area contributed by atoms with E-state index in [0.29, 0.717) is 6.42 Å². The molecule has 1 amide bonds. The molecule has 0 aliphatic carbocycles. The molecule has 0 saturated heterocycles. The molecule has 0 saturated carbocycles. The average Bonchev–Trinajstić information content (AvgIpc) is 2.53. The summed E-state index contributed by atoms with van der Waals surface area (Å²) < 4.78 is 0. The molecule has 0 bridgehead atoms. The van der Waals surface area contributed by atoms with Gasteiger partial charge in [0.25, 0.3) is 0 Å². The smallest absolute Gasteiger partial charge is 0.220 e. The van der Waals surface area contributed by atoms with Crippen LogP contribution in [0.4, 0.5) is 0 Å². The first-order valence-electron chi connectivity index (χ1n) is 8.43. The fraction of sp³-hybridized carbons (Fsp3) is 0.381. The van der Waals surface area contributed by atoms with E-state index >= 15 is 0 Å². The van der Waals surface area contributed by atoms with Gasteiger partial charge in [0.2, 0.25) is 5.91 Å². The quantitative estimate of drug-likeness (QED) is 0.759. The number of hydrogen-bond acceptors (Lipinski definition) is 1. The van der Waals surface area contributed by atoms with Crippen molar-refractivity contribution < 1.29 is 4.79 Å². The fourth-order valence-electron chi connectivity index (χ4n) is 2.69. The van der Waals surface area contributed by atoms with Gasteiger partial charge in [-0.25, -0.2) is 0 Å². The largest absolute Gasteiger partial charge is 0.356 e. The molecule has 0 spiro atoms. The number of rotatable bonds is 7. The normalized spacial score (nSPS) is 10.6. The zero-order valence-corrected chi connectivity index (χ0v) is 14.5. The average molecular weight is 309 g/mol. The lowest BCUT2D eigenvalue weighted by Crippen LogP contribution is -2.25. The zero-order chi connectivity index (χ0) is 16.7. The van der Waals surface area contributed by atoms with Crippen LogP contribution in [0.5, 0.6) is 0 Å². The minimum absolute atomic E-state index is 0.146. The molecule has 2 rings (SSSR count). The lowest BCUT2D eigenvalue weighted by molar-refractivity contribution is -0.121. The van der Waals surface area contributed by atoms with E-state index in [1.165, 1.54) is 27.8 Å². The Balaban J connectivity index is 1.66. The van der Waals surface area contributed by atoms with E-state index in [-0.39, 0.29) is 5.91 Å². The van der Waals surface area contributed by atoms with Crippen LogP contribution in [0.25, 0.3) is 0 Å². The Morgan fingerprint density at radius 2 is 1.70 bits per heavy atom. The standard InChI is InChI=1S/C21H27NO/c1-16-6-4-7-19(14-16)8-5-13-22-21(23)12-11-20-10-9-17(2)18(3)15-20/h4,6-7,9-10,14-15H,5,8,11-13H2,1-3H3,(H,22,23). The summed E-state index contributed by atoms with van der Waals surface area (Å²) in [5.74, 6) is 0.146. The lowest BCUT2D eigenvalue weighted by Gasteiger charge is -2.07. The first-order chi connectivity index (χ1) is 11.0. The van der Waals surface area contributed by atoms with E-state index in [1.807, 2.05) is 0 Å².